The van der Waals surface area contributed by atoms with Gasteiger partial charge in [0.1, 0.15) is 12.9 Å². The highest BCUT2D eigenvalue weighted by atomic mass is 16.5. The van der Waals surface area contributed by atoms with E-state index in [2.05, 4.69) is 20.5 Å². The Hall–Kier alpha value is -1.43. The van der Waals surface area contributed by atoms with Crippen LogP contribution in [0.15, 0.2) is 6.33 Å². The van der Waals surface area contributed by atoms with Crippen LogP contribution in [-0.2, 0) is 9.53 Å². The van der Waals surface area contributed by atoms with Crippen LogP contribution < -0.4 is 5.32 Å². The number of carbonyl (C=O) groups is 1. The van der Waals surface area contributed by atoms with Crippen LogP contribution >= 0.6 is 0 Å². The Labute approximate surface area is 75.7 Å². The third kappa shape index (κ3) is 3.66. The third-order valence-electron chi connectivity index (χ3n) is 1.22. The first-order valence-electron chi connectivity index (χ1n) is 3.95. The molecule has 6 nitrogen and oxygen atoms in total. The van der Waals surface area contributed by atoms with Gasteiger partial charge in [0.15, 0.2) is 0 Å². The van der Waals surface area contributed by atoms with E-state index in [-0.39, 0.29) is 18.6 Å². The number of carbonyl (C=O) groups excluding carboxylic acids is 1. The monoisotopic (exact) mass is 184 g/mol. The summed E-state index contributed by atoms with van der Waals surface area (Å²) in [5.41, 5.74) is 0. The fraction of sp³-hybridized carbons (Fsp3) is 0.571. The number of aromatic nitrogens is 3. The fourth-order valence-corrected chi connectivity index (χ4v) is 0.676. The minimum absolute atomic E-state index is 0.0262. The summed E-state index contributed by atoms with van der Waals surface area (Å²) in [5, 5.41) is 8.57. The maximum Gasteiger partial charge on any atom is 0.252 e. The van der Waals surface area contributed by atoms with Gasteiger partial charge >= 0.3 is 0 Å². The van der Waals surface area contributed by atoms with Crippen LogP contribution in [0.5, 0.6) is 0 Å². The van der Waals surface area contributed by atoms with E-state index < -0.39 is 0 Å². The summed E-state index contributed by atoms with van der Waals surface area (Å²) in [4.78, 5) is 14.8. The highest BCUT2D eigenvalue weighted by molar-refractivity contribution is 5.89. The molecular weight excluding hydrogens is 172 g/mol. The van der Waals surface area contributed by atoms with Crippen molar-refractivity contribution in [3.63, 3.8) is 0 Å². The first-order chi connectivity index (χ1) is 6.18. The maximum absolute atomic E-state index is 11.1. The lowest BCUT2D eigenvalue weighted by Gasteiger charge is -2.05. The normalized spacial score (nSPS) is 10.4. The highest BCUT2D eigenvalue weighted by Crippen LogP contribution is 1.93. The molecule has 1 aromatic rings. The van der Waals surface area contributed by atoms with Gasteiger partial charge in [-0.25, -0.2) is 5.10 Å². The van der Waals surface area contributed by atoms with E-state index in [0.29, 0.717) is 5.95 Å². The Morgan fingerprint density at radius 1 is 1.77 bits per heavy atom. The fourth-order valence-electron chi connectivity index (χ4n) is 0.676. The SMILES string of the molecule is CC(C)OCC(=O)Nc1ncn[nH]1. The first kappa shape index (κ1) is 9.66. The van der Waals surface area contributed by atoms with Crippen LogP contribution in [-0.4, -0.2) is 33.8 Å². The molecule has 1 amide bonds. The summed E-state index contributed by atoms with van der Waals surface area (Å²) in [6.45, 7) is 3.75. The zero-order valence-electron chi connectivity index (χ0n) is 7.57. The Bertz CT molecular complexity index is 257. The zero-order chi connectivity index (χ0) is 9.68. The summed E-state index contributed by atoms with van der Waals surface area (Å²) < 4.78 is 5.08. The number of amides is 1. The predicted molar refractivity (Wildman–Crippen MR) is 46.1 cm³/mol. The van der Waals surface area contributed by atoms with Gasteiger partial charge in [0, 0.05) is 0 Å². The Balaban J connectivity index is 2.26. The molecule has 0 unspecified atom stereocenters. The number of hydrogen-bond donors (Lipinski definition) is 2. The van der Waals surface area contributed by atoms with Crippen molar-refractivity contribution < 1.29 is 9.53 Å². The molecule has 13 heavy (non-hydrogen) atoms. The predicted octanol–water partition coefficient (Wildman–Crippen LogP) is 0.168. The van der Waals surface area contributed by atoms with Crippen molar-refractivity contribution in [1.29, 1.82) is 0 Å². The summed E-state index contributed by atoms with van der Waals surface area (Å²) in [5.74, 6) is 0.0859. The highest BCUT2D eigenvalue weighted by Gasteiger charge is 2.04. The molecule has 0 atom stereocenters. The molecule has 0 spiro atoms. The summed E-state index contributed by atoms with van der Waals surface area (Å²) in [6, 6.07) is 0. The summed E-state index contributed by atoms with van der Waals surface area (Å²) in [6.07, 6.45) is 1.36. The van der Waals surface area contributed by atoms with Crippen molar-refractivity contribution in [3.8, 4) is 0 Å². The standard InChI is InChI=1S/C7H12N4O2/c1-5(2)13-3-6(12)10-7-8-4-9-11-7/h4-5H,3H2,1-2H3,(H2,8,9,10,11,12). The Kier molecular flexibility index (Phi) is 3.39. The average molecular weight is 184 g/mol. The number of rotatable bonds is 4. The summed E-state index contributed by atoms with van der Waals surface area (Å²) >= 11 is 0. The number of hydrogen-bond acceptors (Lipinski definition) is 4. The lowest BCUT2D eigenvalue weighted by atomic mass is 10.5. The smallest absolute Gasteiger partial charge is 0.252 e. The molecule has 0 saturated heterocycles. The van der Waals surface area contributed by atoms with Crippen LogP contribution in [0.2, 0.25) is 0 Å². The van der Waals surface area contributed by atoms with Gasteiger partial charge in [-0.05, 0) is 13.8 Å². The number of nitrogens with zero attached hydrogens (tertiary/aromatic N) is 2. The molecule has 6 heteroatoms. The van der Waals surface area contributed by atoms with Gasteiger partial charge in [-0.3, -0.25) is 10.1 Å². The van der Waals surface area contributed by atoms with Crippen LogP contribution in [0.1, 0.15) is 13.8 Å². The van der Waals surface area contributed by atoms with Crippen LogP contribution in [0, 0.1) is 0 Å². The van der Waals surface area contributed by atoms with Crippen molar-refractivity contribution in [2.24, 2.45) is 0 Å². The van der Waals surface area contributed by atoms with Crippen molar-refractivity contribution in [2.45, 2.75) is 20.0 Å². The molecule has 2 N–H and O–H groups in total. The average Bonchev–Trinajstić information content (AvgIpc) is 2.53. The van der Waals surface area contributed by atoms with E-state index in [1.165, 1.54) is 6.33 Å². The second-order valence-electron chi connectivity index (χ2n) is 2.74. The second kappa shape index (κ2) is 4.56. The van der Waals surface area contributed by atoms with E-state index in [1.54, 1.807) is 0 Å². The molecule has 0 fully saturated rings. The number of H-pyrrole nitrogens is 1. The maximum atomic E-state index is 11.1. The van der Waals surface area contributed by atoms with E-state index in [4.69, 9.17) is 4.74 Å². The van der Waals surface area contributed by atoms with Crippen LogP contribution in [0.25, 0.3) is 0 Å². The molecule has 72 valence electrons. The second-order valence-corrected chi connectivity index (χ2v) is 2.74. The molecular formula is C7H12N4O2. The van der Waals surface area contributed by atoms with Gasteiger partial charge in [0.05, 0.1) is 6.10 Å². The molecule has 0 aliphatic heterocycles. The quantitative estimate of drug-likeness (QED) is 0.699. The molecule has 0 saturated carbocycles. The van der Waals surface area contributed by atoms with Gasteiger partial charge in [0.2, 0.25) is 5.95 Å². The molecule has 0 bridgehead atoms. The van der Waals surface area contributed by atoms with E-state index in [0.717, 1.165) is 0 Å². The largest absolute Gasteiger partial charge is 0.369 e. The van der Waals surface area contributed by atoms with Crippen molar-refractivity contribution in [3.05, 3.63) is 6.33 Å². The van der Waals surface area contributed by atoms with Crippen molar-refractivity contribution in [1.82, 2.24) is 15.2 Å². The Morgan fingerprint density at radius 3 is 3.08 bits per heavy atom. The van der Waals surface area contributed by atoms with Gasteiger partial charge in [-0.2, -0.15) is 10.1 Å². The minimum Gasteiger partial charge on any atom is -0.369 e. The van der Waals surface area contributed by atoms with Gasteiger partial charge in [-0.15, -0.1) is 0 Å². The molecule has 0 aliphatic carbocycles. The van der Waals surface area contributed by atoms with Gasteiger partial charge < -0.3 is 4.74 Å². The zero-order valence-corrected chi connectivity index (χ0v) is 7.57. The minimum atomic E-state index is -0.245. The number of nitrogens with one attached hydrogen (secondary N) is 2. The van der Waals surface area contributed by atoms with Gasteiger partial charge in [0.25, 0.3) is 5.91 Å². The van der Waals surface area contributed by atoms with Crippen molar-refractivity contribution >= 4 is 11.9 Å². The third-order valence-corrected chi connectivity index (χ3v) is 1.22. The van der Waals surface area contributed by atoms with Gasteiger partial charge in [-0.1, -0.05) is 0 Å². The number of ether oxygens (including phenoxy) is 1. The lowest BCUT2D eigenvalue weighted by molar-refractivity contribution is -0.122. The topological polar surface area (TPSA) is 79.9 Å². The lowest BCUT2D eigenvalue weighted by Crippen LogP contribution is -2.21. The number of aromatic amines is 1. The molecule has 0 aromatic carbocycles. The molecule has 0 aliphatic rings. The van der Waals surface area contributed by atoms with Crippen molar-refractivity contribution in [2.75, 3.05) is 11.9 Å². The Morgan fingerprint density at radius 2 is 2.54 bits per heavy atom. The first-order valence-corrected chi connectivity index (χ1v) is 3.95. The van der Waals surface area contributed by atoms with E-state index in [1.807, 2.05) is 13.8 Å². The molecule has 1 heterocycles. The van der Waals surface area contributed by atoms with E-state index >= 15 is 0 Å². The summed E-state index contributed by atoms with van der Waals surface area (Å²) in [7, 11) is 0. The molecule has 1 rings (SSSR count). The van der Waals surface area contributed by atoms with Crippen LogP contribution in [0.4, 0.5) is 5.95 Å². The van der Waals surface area contributed by atoms with Crippen LogP contribution in [0.3, 0.4) is 0 Å². The van der Waals surface area contributed by atoms with E-state index in [9.17, 15) is 4.79 Å². The number of anilines is 1. The molecule has 1 aromatic heterocycles. The molecule has 0 radical (unpaired) electrons.